The summed E-state index contributed by atoms with van der Waals surface area (Å²) < 4.78 is 4.82. The molecule has 0 aromatic heterocycles. The molecule has 0 unspecified atom stereocenters. The van der Waals surface area contributed by atoms with Crippen molar-refractivity contribution in [1.82, 2.24) is 4.90 Å². The van der Waals surface area contributed by atoms with E-state index >= 15 is 0 Å². The third-order valence-electron chi connectivity index (χ3n) is 2.12. The molecule has 0 aliphatic carbocycles. The molecule has 0 aliphatic rings. The SMILES string of the molecule is CCC[C@H](N)C(=O)N(CCOC)CC(=O)O. The van der Waals surface area contributed by atoms with Crippen LogP contribution in [0.25, 0.3) is 0 Å². The van der Waals surface area contributed by atoms with E-state index in [2.05, 4.69) is 0 Å². The van der Waals surface area contributed by atoms with Gasteiger partial charge in [-0.1, -0.05) is 13.3 Å². The number of nitrogens with zero attached hydrogens (tertiary/aromatic N) is 1. The number of hydrogen-bond acceptors (Lipinski definition) is 4. The van der Waals surface area contributed by atoms with Crippen molar-refractivity contribution < 1.29 is 19.4 Å². The molecule has 6 heteroatoms. The van der Waals surface area contributed by atoms with Crippen molar-refractivity contribution in [3.63, 3.8) is 0 Å². The fourth-order valence-electron chi connectivity index (χ4n) is 1.30. The van der Waals surface area contributed by atoms with Crippen molar-refractivity contribution in [2.75, 3.05) is 26.8 Å². The van der Waals surface area contributed by atoms with Crippen molar-refractivity contribution in [2.24, 2.45) is 5.73 Å². The van der Waals surface area contributed by atoms with Crippen molar-refractivity contribution in [3.05, 3.63) is 0 Å². The van der Waals surface area contributed by atoms with Gasteiger partial charge in [0.2, 0.25) is 5.91 Å². The molecule has 0 aromatic carbocycles. The summed E-state index contributed by atoms with van der Waals surface area (Å²) in [5.74, 6) is -1.38. The number of carboxylic acid groups (broad SMARTS) is 1. The van der Waals surface area contributed by atoms with Gasteiger partial charge < -0.3 is 20.5 Å². The van der Waals surface area contributed by atoms with Gasteiger partial charge in [-0.15, -0.1) is 0 Å². The zero-order valence-corrected chi connectivity index (χ0v) is 9.81. The Labute approximate surface area is 95.4 Å². The molecule has 16 heavy (non-hydrogen) atoms. The molecule has 0 fully saturated rings. The smallest absolute Gasteiger partial charge is 0.323 e. The average molecular weight is 232 g/mol. The number of hydrogen-bond donors (Lipinski definition) is 2. The fraction of sp³-hybridized carbons (Fsp3) is 0.800. The first-order valence-electron chi connectivity index (χ1n) is 5.28. The molecule has 0 rings (SSSR count). The number of carbonyl (C=O) groups excluding carboxylic acids is 1. The standard InChI is InChI=1S/C10H20N2O4/c1-3-4-8(11)10(15)12(5-6-16-2)7-9(13)14/h8H,3-7,11H2,1-2H3,(H,13,14)/t8-/m0/s1. The number of carboxylic acids is 1. The number of nitrogens with two attached hydrogens (primary N) is 1. The summed E-state index contributed by atoms with van der Waals surface area (Å²) in [6.45, 7) is 2.14. The molecule has 3 N–H and O–H groups in total. The molecule has 0 saturated heterocycles. The van der Waals surface area contributed by atoms with E-state index in [1.807, 2.05) is 6.92 Å². The summed E-state index contributed by atoms with van der Waals surface area (Å²) in [6.07, 6.45) is 1.35. The molecule has 0 aliphatic heterocycles. The average Bonchev–Trinajstić information content (AvgIpc) is 2.23. The Balaban J connectivity index is 4.35. The second kappa shape index (κ2) is 8.06. The van der Waals surface area contributed by atoms with E-state index in [-0.39, 0.29) is 19.0 Å². The van der Waals surface area contributed by atoms with E-state index in [1.165, 1.54) is 12.0 Å². The first-order valence-corrected chi connectivity index (χ1v) is 5.28. The topological polar surface area (TPSA) is 92.9 Å². The van der Waals surface area contributed by atoms with Gasteiger partial charge in [0.1, 0.15) is 6.54 Å². The molecule has 0 radical (unpaired) electrons. The van der Waals surface area contributed by atoms with Gasteiger partial charge in [-0.05, 0) is 6.42 Å². The van der Waals surface area contributed by atoms with E-state index in [4.69, 9.17) is 15.6 Å². The second-order valence-corrected chi connectivity index (χ2v) is 3.54. The van der Waals surface area contributed by atoms with E-state index in [1.54, 1.807) is 0 Å². The number of rotatable bonds is 8. The number of amides is 1. The van der Waals surface area contributed by atoms with Crippen LogP contribution >= 0.6 is 0 Å². The number of ether oxygens (including phenoxy) is 1. The summed E-state index contributed by atoms with van der Waals surface area (Å²) in [5.41, 5.74) is 5.65. The van der Waals surface area contributed by atoms with Gasteiger partial charge in [0.15, 0.2) is 0 Å². The van der Waals surface area contributed by atoms with Crippen LogP contribution in [0.5, 0.6) is 0 Å². The quantitative estimate of drug-likeness (QED) is 0.598. The Kier molecular flexibility index (Phi) is 7.49. The van der Waals surface area contributed by atoms with Crippen LogP contribution in [0.4, 0.5) is 0 Å². The number of carbonyl (C=O) groups is 2. The van der Waals surface area contributed by atoms with Crippen LogP contribution in [0.2, 0.25) is 0 Å². The normalized spacial score (nSPS) is 12.2. The predicted molar refractivity (Wildman–Crippen MR) is 59.0 cm³/mol. The van der Waals surface area contributed by atoms with Gasteiger partial charge in [-0.2, -0.15) is 0 Å². The Hall–Kier alpha value is -1.14. The van der Waals surface area contributed by atoms with Gasteiger partial charge in [-0.25, -0.2) is 0 Å². The zero-order valence-electron chi connectivity index (χ0n) is 9.81. The Morgan fingerprint density at radius 1 is 1.50 bits per heavy atom. The Bertz CT molecular complexity index is 233. The first-order chi connectivity index (χ1) is 7.52. The van der Waals surface area contributed by atoms with Crippen LogP contribution in [-0.2, 0) is 14.3 Å². The van der Waals surface area contributed by atoms with Crippen LogP contribution in [0.15, 0.2) is 0 Å². The van der Waals surface area contributed by atoms with Crippen LogP contribution in [0.1, 0.15) is 19.8 Å². The molecule has 94 valence electrons. The van der Waals surface area contributed by atoms with Gasteiger partial charge >= 0.3 is 5.97 Å². The third-order valence-corrected chi connectivity index (χ3v) is 2.12. The lowest BCUT2D eigenvalue weighted by Crippen LogP contribution is -2.47. The van der Waals surface area contributed by atoms with Crippen LogP contribution < -0.4 is 5.73 Å². The summed E-state index contributed by atoms with van der Waals surface area (Å²) in [4.78, 5) is 23.6. The first kappa shape index (κ1) is 14.9. The lowest BCUT2D eigenvalue weighted by atomic mass is 10.1. The van der Waals surface area contributed by atoms with Crippen molar-refractivity contribution in [2.45, 2.75) is 25.8 Å². The molecule has 1 atom stereocenters. The predicted octanol–water partition coefficient (Wildman–Crippen LogP) is -0.327. The van der Waals surface area contributed by atoms with Crippen LogP contribution in [-0.4, -0.2) is 54.7 Å². The highest BCUT2D eigenvalue weighted by Gasteiger charge is 2.21. The monoisotopic (exact) mass is 232 g/mol. The van der Waals surface area contributed by atoms with Gasteiger partial charge in [-0.3, -0.25) is 9.59 Å². The summed E-state index contributed by atoms with van der Waals surface area (Å²) in [7, 11) is 1.50. The molecular weight excluding hydrogens is 212 g/mol. The van der Waals surface area contributed by atoms with E-state index in [9.17, 15) is 9.59 Å². The molecule has 0 heterocycles. The summed E-state index contributed by atoms with van der Waals surface area (Å²) in [5, 5.41) is 8.67. The summed E-state index contributed by atoms with van der Waals surface area (Å²) in [6, 6.07) is -0.624. The van der Waals surface area contributed by atoms with E-state index < -0.39 is 12.0 Å². The lowest BCUT2D eigenvalue weighted by Gasteiger charge is -2.23. The number of methoxy groups -OCH3 is 1. The molecular formula is C10H20N2O4. The highest BCUT2D eigenvalue weighted by atomic mass is 16.5. The largest absolute Gasteiger partial charge is 0.480 e. The second-order valence-electron chi connectivity index (χ2n) is 3.54. The number of aliphatic carboxylic acids is 1. The maximum Gasteiger partial charge on any atom is 0.323 e. The Morgan fingerprint density at radius 3 is 2.56 bits per heavy atom. The van der Waals surface area contributed by atoms with Crippen molar-refractivity contribution in [3.8, 4) is 0 Å². The van der Waals surface area contributed by atoms with Crippen LogP contribution in [0, 0.1) is 0 Å². The molecule has 0 bridgehead atoms. The van der Waals surface area contributed by atoms with Gasteiger partial charge in [0.05, 0.1) is 12.6 Å². The molecule has 0 saturated carbocycles. The Morgan fingerprint density at radius 2 is 2.12 bits per heavy atom. The zero-order chi connectivity index (χ0) is 12.6. The minimum absolute atomic E-state index is 0.249. The summed E-state index contributed by atoms with van der Waals surface area (Å²) >= 11 is 0. The minimum Gasteiger partial charge on any atom is -0.480 e. The highest BCUT2D eigenvalue weighted by molar-refractivity contribution is 5.85. The maximum absolute atomic E-state index is 11.8. The van der Waals surface area contributed by atoms with Gasteiger partial charge in [0.25, 0.3) is 0 Å². The van der Waals surface area contributed by atoms with E-state index in [0.29, 0.717) is 13.0 Å². The van der Waals surface area contributed by atoms with Gasteiger partial charge in [0, 0.05) is 13.7 Å². The maximum atomic E-state index is 11.8. The third kappa shape index (κ3) is 5.67. The lowest BCUT2D eigenvalue weighted by molar-refractivity contribution is -0.145. The fourth-order valence-corrected chi connectivity index (χ4v) is 1.30. The van der Waals surface area contributed by atoms with E-state index in [0.717, 1.165) is 6.42 Å². The highest BCUT2D eigenvalue weighted by Crippen LogP contribution is 2.00. The van der Waals surface area contributed by atoms with Crippen LogP contribution in [0.3, 0.4) is 0 Å². The molecule has 0 aromatic rings. The molecule has 1 amide bonds. The minimum atomic E-state index is -1.05. The molecule has 6 nitrogen and oxygen atoms in total. The molecule has 0 spiro atoms. The van der Waals surface area contributed by atoms with Crippen molar-refractivity contribution >= 4 is 11.9 Å². The van der Waals surface area contributed by atoms with Crippen molar-refractivity contribution in [1.29, 1.82) is 0 Å².